The average molecular weight is 255 g/mol. The van der Waals surface area contributed by atoms with Crippen LogP contribution in [0, 0.1) is 5.92 Å². The van der Waals surface area contributed by atoms with Crippen LogP contribution in [-0.4, -0.2) is 23.6 Å². The first kappa shape index (κ1) is 12.1. The Bertz CT molecular complexity index is 544. The molecule has 1 aliphatic rings. The number of aromatic nitrogens is 2. The molecule has 3 rings (SSSR count). The second kappa shape index (κ2) is 5.36. The minimum Gasteiger partial charge on any atom is -0.493 e. The van der Waals surface area contributed by atoms with Crippen molar-refractivity contribution < 1.29 is 4.74 Å². The highest BCUT2D eigenvalue weighted by Crippen LogP contribution is 2.32. The minimum absolute atomic E-state index is 0.217. The maximum Gasteiger partial charge on any atom is 0.122 e. The van der Waals surface area contributed by atoms with Crippen molar-refractivity contribution in [1.82, 2.24) is 15.3 Å². The quantitative estimate of drug-likeness (QED) is 0.911. The van der Waals surface area contributed by atoms with E-state index in [1.807, 2.05) is 31.6 Å². The normalized spacial score (nSPS) is 19.3. The third-order valence-electron chi connectivity index (χ3n) is 3.63. The predicted molar refractivity (Wildman–Crippen MR) is 73.0 cm³/mol. The molecule has 0 spiro atoms. The Hall–Kier alpha value is -1.94. The molecule has 0 bridgehead atoms. The van der Waals surface area contributed by atoms with Gasteiger partial charge < -0.3 is 10.1 Å². The molecule has 1 aromatic heterocycles. The molecule has 0 aliphatic carbocycles. The van der Waals surface area contributed by atoms with E-state index in [-0.39, 0.29) is 6.04 Å². The average Bonchev–Trinajstić information content (AvgIpc) is 2.49. The standard InChI is InChI=1S/C15H17N3O/c1-16-15(13-7-17-10-18-8-13)12-6-11-4-2-3-5-14(11)19-9-12/h2-5,7-8,10,12,15-16H,6,9H2,1H3. The molecular formula is C15H17N3O. The van der Waals surface area contributed by atoms with Crippen LogP contribution in [-0.2, 0) is 6.42 Å². The Morgan fingerprint density at radius 3 is 2.84 bits per heavy atom. The molecule has 1 N–H and O–H groups in total. The lowest BCUT2D eigenvalue weighted by atomic mass is 9.87. The molecule has 2 atom stereocenters. The van der Waals surface area contributed by atoms with E-state index >= 15 is 0 Å². The SMILES string of the molecule is CNC(c1cncnc1)C1COc2ccccc2C1. The molecule has 19 heavy (non-hydrogen) atoms. The lowest BCUT2D eigenvalue weighted by Gasteiger charge is -2.31. The van der Waals surface area contributed by atoms with Crippen molar-refractivity contribution in [2.45, 2.75) is 12.5 Å². The highest BCUT2D eigenvalue weighted by Gasteiger charge is 2.27. The molecule has 1 aromatic carbocycles. The fraction of sp³-hybridized carbons (Fsp3) is 0.333. The molecule has 2 unspecified atom stereocenters. The number of hydrogen-bond acceptors (Lipinski definition) is 4. The van der Waals surface area contributed by atoms with Gasteiger partial charge in [-0.25, -0.2) is 9.97 Å². The molecule has 98 valence electrons. The maximum atomic E-state index is 5.86. The van der Waals surface area contributed by atoms with Gasteiger partial charge in [-0.05, 0) is 25.1 Å². The van der Waals surface area contributed by atoms with E-state index in [2.05, 4.69) is 27.4 Å². The van der Waals surface area contributed by atoms with Crippen LogP contribution in [0.2, 0.25) is 0 Å². The summed E-state index contributed by atoms with van der Waals surface area (Å²) in [5, 5.41) is 3.36. The third-order valence-corrected chi connectivity index (χ3v) is 3.63. The molecular weight excluding hydrogens is 238 g/mol. The van der Waals surface area contributed by atoms with Crippen LogP contribution in [0.1, 0.15) is 17.2 Å². The first-order valence-electron chi connectivity index (χ1n) is 6.51. The molecule has 4 nitrogen and oxygen atoms in total. The van der Waals surface area contributed by atoms with Gasteiger partial charge in [0.15, 0.2) is 0 Å². The zero-order valence-corrected chi connectivity index (χ0v) is 10.9. The lowest BCUT2D eigenvalue weighted by molar-refractivity contribution is 0.188. The number of fused-ring (bicyclic) bond motifs is 1. The van der Waals surface area contributed by atoms with Gasteiger partial charge in [0, 0.05) is 29.9 Å². The molecule has 0 radical (unpaired) electrons. The fourth-order valence-corrected chi connectivity index (χ4v) is 2.71. The van der Waals surface area contributed by atoms with E-state index in [4.69, 9.17) is 4.74 Å². The summed E-state index contributed by atoms with van der Waals surface area (Å²) < 4.78 is 5.86. The van der Waals surface area contributed by atoms with Crippen molar-refractivity contribution in [3.63, 3.8) is 0 Å². The zero-order valence-electron chi connectivity index (χ0n) is 10.9. The lowest BCUT2D eigenvalue weighted by Crippen LogP contribution is -2.33. The number of ether oxygens (including phenoxy) is 1. The third kappa shape index (κ3) is 2.44. The second-order valence-corrected chi connectivity index (χ2v) is 4.82. The van der Waals surface area contributed by atoms with Crippen LogP contribution in [0.15, 0.2) is 43.0 Å². The summed E-state index contributed by atoms with van der Waals surface area (Å²) in [5.74, 6) is 1.41. The first-order valence-corrected chi connectivity index (χ1v) is 6.51. The largest absolute Gasteiger partial charge is 0.493 e. The van der Waals surface area contributed by atoms with E-state index in [0.29, 0.717) is 5.92 Å². The smallest absolute Gasteiger partial charge is 0.122 e. The fourth-order valence-electron chi connectivity index (χ4n) is 2.71. The van der Waals surface area contributed by atoms with E-state index in [0.717, 1.165) is 24.3 Å². The monoisotopic (exact) mass is 255 g/mol. The summed E-state index contributed by atoms with van der Waals surface area (Å²) in [6.07, 6.45) is 6.31. The number of nitrogens with zero attached hydrogens (tertiary/aromatic N) is 2. The summed E-state index contributed by atoms with van der Waals surface area (Å²) in [7, 11) is 1.97. The summed E-state index contributed by atoms with van der Waals surface area (Å²) in [6, 6.07) is 8.46. The van der Waals surface area contributed by atoms with Crippen LogP contribution in [0.5, 0.6) is 5.75 Å². The van der Waals surface area contributed by atoms with Crippen molar-refractivity contribution >= 4 is 0 Å². The van der Waals surface area contributed by atoms with Crippen molar-refractivity contribution in [1.29, 1.82) is 0 Å². The van der Waals surface area contributed by atoms with Crippen LogP contribution in [0.25, 0.3) is 0 Å². The highest BCUT2D eigenvalue weighted by molar-refractivity contribution is 5.35. The summed E-state index contributed by atoms with van der Waals surface area (Å²) in [6.45, 7) is 0.720. The highest BCUT2D eigenvalue weighted by atomic mass is 16.5. The summed E-state index contributed by atoms with van der Waals surface area (Å²) in [5.41, 5.74) is 2.38. The van der Waals surface area contributed by atoms with Gasteiger partial charge in [-0.15, -0.1) is 0 Å². The van der Waals surface area contributed by atoms with E-state index in [9.17, 15) is 0 Å². The van der Waals surface area contributed by atoms with Crippen LogP contribution in [0.3, 0.4) is 0 Å². The topological polar surface area (TPSA) is 47.0 Å². The van der Waals surface area contributed by atoms with Crippen LogP contribution in [0.4, 0.5) is 0 Å². The van der Waals surface area contributed by atoms with Crippen LogP contribution >= 0.6 is 0 Å². The Morgan fingerprint density at radius 2 is 2.05 bits per heavy atom. The number of nitrogens with one attached hydrogen (secondary N) is 1. The van der Waals surface area contributed by atoms with E-state index in [1.54, 1.807) is 6.33 Å². The molecule has 4 heteroatoms. The zero-order chi connectivity index (χ0) is 13.1. The number of para-hydroxylation sites is 1. The molecule has 1 aliphatic heterocycles. The van der Waals surface area contributed by atoms with Crippen molar-refractivity contribution in [3.8, 4) is 5.75 Å². The second-order valence-electron chi connectivity index (χ2n) is 4.82. The number of benzene rings is 1. The number of rotatable bonds is 3. The Labute approximate surface area is 112 Å². The van der Waals surface area contributed by atoms with Gasteiger partial charge in [-0.2, -0.15) is 0 Å². The van der Waals surface area contributed by atoms with Gasteiger partial charge in [-0.3, -0.25) is 0 Å². The van der Waals surface area contributed by atoms with Gasteiger partial charge in [0.2, 0.25) is 0 Å². The van der Waals surface area contributed by atoms with Crippen LogP contribution < -0.4 is 10.1 Å². The Morgan fingerprint density at radius 1 is 1.26 bits per heavy atom. The van der Waals surface area contributed by atoms with Gasteiger partial charge >= 0.3 is 0 Å². The first-order chi connectivity index (χ1) is 9.38. The van der Waals surface area contributed by atoms with Gasteiger partial charge in [0.25, 0.3) is 0 Å². The van der Waals surface area contributed by atoms with E-state index < -0.39 is 0 Å². The minimum atomic E-state index is 0.217. The predicted octanol–water partition coefficient (Wildman–Crippen LogP) is 1.99. The van der Waals surface area contributed by atoms with Gasteiger partial charge in [0.05, 0.1) is 6.61 Å². The molecule has 0 fully saturated rings. The maximum absolute atomic E-state index is 5.86. The molecule has 2 heterocycles. The Balaban J connectivity index is 1.83. The summed E-state index contributed by atoms with van der Waals surface area (Å²) in [4.78, 5) is 8.20. The van der Waals surface area contributed by atoms with Crippen molar-refractivity contribution in [2.24, 2.45) is 5.92 Å². The summed E-state index contributed by atoms with van der Waals surface area (Å²) >= 11 is 0. The molecule has 2 aromatic rings. The van der Waals surface area contributed by atoms with E-state index in [1.165, 1.54) is 5.56 Å². The van der Waals surface area contributed by atoms with Crippen molar-refractivity contribution in [3.05, 3.63) is 54.1 Å². The van der Waals surface area contributed by atoms with Gasteiger partial charge in [0.1, 0.15) is 12.1 Å². The molecule has 0 amide bonds. The number of hydrogen-bond donors (Lipinski definition) is 1. The Kier molecular flexibility index (Phi) is 3.42. The van der Waals surface area contributed by atoms with Crippen molar-refractivity contribution in [2.75, 3.05) is 13.7 Å². The molecule has 0 saturated heterocycles. The molecule has 0 saturated carbocycles. The van der Waals surface area contributed by atoms with Gasteiger partial charge in [-0.1, -0.05) is 18.2 Å².